The van der Waals surface area contributed by atoms with Gasteiger partial charge in [0.1, 0.15) is 0 Å². The molecule has 2 aliphatic rings. The fourth-order valence-corrected chi connectivity index (χ4v) is 3.68. The largest absolute Gasteiger partial charge is 0.381 e. The van der Waals surface area contributed by atoms with E-state index in [0.29, 0.717) is 0 Å². The van der Waals surface area contributed by atoms with E-state index in [1.165, 1.54) is 38.8 Å². The average molecular weight is 254 g/mol. The second-order valence-corrected chi connectivity index (χ2v) is 6.46. The molecule has 2 N–H and O–H groups in total. The SMILES string of the molecule is CC(C)C1CCN(C2(CN)CCCOCC2)CC1. The van der Waals surface area contributed by atoms with E-state index in [2.05, 4.69) is 18.7 Å². The molecule has 2 aliphatic heterocycles. The van der Waals surface area contributed by atoms with Crippen molar-refractivity contribution < 1.29 is 4.74 Å². The van der Waals surface area contributed by atoms with Gasteiger partial charge in [-0.2, -0.15) is 0 Å². The van der Waals surface area contributed by atoms with Gasteiger partial charge < -0.3 is 10.5 Å². The van der Waals surface area contributed by atoms with Crippen LogP contribution in [0.5, 0.6) is 0 Å². The van der Waals surface area contributed by atoms with Crippen LogP contribution in [0.3, 0.4) is 0 Å². The lowest BCUT2D eigenvalue weighted by Crippen LogP contribution is -2.56. The van der Waals surface area contributed by atoms with Crippen molar-refractivity contribution in [2.75, 3.05) is 32.8 Å². The van der Waals surface area contributed by atoms with Crippen LogP contribution in [0.4, 0.5) is 0 Å². The van der Waals surface area contributed by atoms with Crippen molar-refractivity contribution in [3.05, 3.63) is 0 Å². The molecule has 3 heteroatoms. The highest BCUT2D eigenvalue weighted by molar-refractivity contribution is 4.94. The minimum Gasteiger partial charge on any atom is -0.381 e. The monoisotopic (exact) mass is 254 g/mol. The maximum Gasteiger partial charge on any atom is 0.0484 e. The van der Waals surface area contributed by atoms with Gasteiger partial charge in [0.15, 0.2) is 0 Å². The van der Waals surface area contributed by atoms with E-state index in [1.54, 1.807) is 0 Å². The van der Waals surface area contributed by atoms with Gasteiger partial charge in [-0.3, -0.25) is 4.90 Å². The van der Waals surface area contributed by atoms with Gasteiger partial charge in [0, 0.05) is 25.3 Å². The Bertz CT molecular complexity index is 239. The molecule has 0 aliphatic carbocycles. The van der Waals surface area contributed by atoms with Crippen molar-refractivity contribution in [2.24, 2.45) is 17.6 Å². The number of hydrogen-bond acceptors (Lipinski definition) is 3. The van der Waals surface area contributed by atoms with Crippen LogP contribution in [-0.2, 0) is 4.74 Å². The van der Waals surface area contributed by atoms with Crippen LogP contribution in [0.15, 0.2) is 0 Å². The zero-order valence-electron chi connectivity index (χ0n) is 12.2. The lowest BCUT2D eigenvalue weighted by molar-refractivity contribution is 0.0299. The molecule has 106 valence electrons. The number of rotatable bonds is 3. The van der Waals surface area contributed by atoms with Gasteiger partial charge in [0.2, 0.25) is 0 Å². The van der Waals surface area contributed by atoms with Crippen molar-refractivity contribution in [1.82, 2.24) is 4.90 Å². The highest BCUT2D eigenvalue weighted by Crippen LogP contribution is 2.33. The Morgan fingerprint density at radius 1 is 1.22 bits per heavy atom. The number of ether oxygens (including phenoxy) is 1. The maximum atomic E-state index is 6.14. The second kappa shape index (κ2) is 6.36. The summed E-state index contributed by atoms with van der Waals surface area (Å²) in [6.07, 6.45) is 6.20. The topological polar surface area (TPSA) is 38.5 Å². The number of piperidine rings is 1. The second-order valence-electron chi connectivity index (χ2n) is 6.46. The normalized spacial score (nSPS) is 32.7. The Morgan fingerprint density at radius 2 is 1.94 bits per heavy atom. The Kier molecular flexibility index (Phi) is 5.05. The zero-order chi connectivity index (χ0) is 13.0. The van der Waals surface area contributed by atoms with Crippen molar-refractivity contribution in [1.29, 1.82) is 0 Å². The zero-order valence-corrected chi connectivity index (χ0v) is 12.2. The van der Waals surface area contributed by atoms with Gasteiger partial charge in [-0.25, -0.2) is 0 Å². The van der Waals surface area contributed by atoms with Gasteiger partial charge in [-0.05, 0) is 57.0 Å². The Labute approximate surface area is 112 Å². The van der Waals surface area contributed by atoms with E-state index >= 15 is 0 Å². The molecule has 0 amide bonds. The first kappa shape index (κ1) is 14.3. The van der Waals surface area contributed by atoms with E-state index in [0.717, 1.165) is 38.0 Å². The van der Waals surface area contributed by atoms with E-state index in [9.17, 15) is 0 Å². The number of nitrogens with two attached hydrogens (primary N) is 1. The Morgan fingerprint density at radius 3 is 2.56 bits per heavy atom. The van der Waals surface area contributed by atoms with Gasteiger partial charge >= 0.3 is 0 Å². The summed E-state index contributed by atoms with van der Waals surface area (Å²) in [5.74, 6) is 1.75. The molecule has 0 bridgehead atoms. The Balaban J connectivity index is 1.96. The lowest BCUT2D eigenvalue weighted by atomic mass is 9.82. The standard InChI is InChI=1S/C15H30N2O/c1-13(2)14-4-8-17(9-5-14)15(12-16)6-3-10-18-11-7-15/h13-14H,3-12,16H2,1-2H3. The first-order chi connectivity index (χ1) is 8.68. The molecule has 2 saturated heterocycles. The van der Waals surface area contributed by atoms with Crippen LogP contribution >= 0.6 is 0 Å². The summed E-state index contributed by atoms with van der Waals surface area (Å²) in [4.78, 5) is 2.68. The number of nitrogens with zero attached hydrogens (tertiary/aromatic N) is 1. The smallest absolute Gasteiger partial charge is 0.0484 e. The molecule has 1 unspecified atom stereocenters. The summed E-state index contributed by atoms with van der Waals surface area (Å²) in [5, 5.41) is 0. The van der Waals surface area contributed by atoms with Crippen molar-refractivity contribution >= 4 is 0 Å². The molecule has 2 rings (SSSR count). The molecule has 0 aromatic carbocycles. The fraction of sp³-hybridized carbons (Fsp3) is 1.00. The molecule has 0 saturated carbocycles. The molecular formula is C15H30N2O. The van der Waals surface area contributed by atoms with E-state index < -0.39 is 0 Å². The molecular weight excluding hydrogens is 224 g/mol. The summed E-state index contributed by atoms with van der Waals surface area (Å²) in [5.41, 5.74) is 6.37. The predicted molar refractivity (Wildman–Crippen MR) is 75.6 cm³/mol. The van der Waals surface area contributed by atoms with Gasteiger partial charge in [-0.1, -0.05) is 13.8 Å². The van der Waals surface area contributed by atoms with Crippen LogP contribution in [0, 0.1) is 11.8 Å². The minimum absolute atomic E-state index is 0.235. The summed E-state index contributed by atoms with van der Waals surface area (Å²) >= 11 is 0. The summed E-state index contributed by atoms with van der Waals surface area (Å²) < 4.78 is 5.62. The third-order valence-electron chi connectivity index (χ3n) is 5.18. The molecule has 0 radical (unpaired) electrons. The lowest BCUT2D eigenvalue weighted by Gasteiger charge is -2.47. The van der Waals surface area contributed by atoms with Crippen LogP contribution in [0.25, 0.3) is 0 Å². The van der Waals surface area contributed by atoms with Gasteiger partial charge in [-0.15, -0.1) is 0 Å². The molecule has 18 heavy (non-hydrogen) atoms. The third kappa shape index (κ3) is 3.06. The maximum absolute atomic E-state index is 6.14. The molecule has 3 nitrogen and oxygen atoms in total. The summed E-state index contributed by atoms with van der Waals surface area (Å²) in [6.45, 7) is 9.80. The molecule has 2 fully saturated rings. The van der Waals surface area contributed by atoms with Crippen LogP contribution in [0.1, 0.15) is 46.0 Å². The van der Waals surface area contributed by atoms with Crippen LogP contribution < -0.4 is 5.73 Å². The average Bonchev–Trinajstić information content (AvgIpc) is 2.65. The van der Waals surface area contributed by atoms with Crippen LogP contribution in [-0.4, -0.2) is 43.3 Å². The molecule has 0 aromatic rings. The van der Waals surface area contributed by atoms with Crippen molar-refractivity contribution in [3.63, 3.8) is 0 Å². The molecule has 0 aromatic heterocycles. The Hall–Kier alpha value is -0.120. The quantitative estimate of drug-likeness (QED) is 0.839. The van der Waals surface area contributed by atoms with E-state index in [4.69, 9.17) is 10.5 Å². The highest BCUT2D eigenvalue weighted by Gasteiger charge is 2.38. The van der Waals surface area contributed by atoms with Crippen molar-refractivity contribution in [2.45, 2.75) is 51.5 Å². The van der Waals surface area contributed by atoms with Gasteiger partial charge in [0.25, 0.3) is 0 Å². The fourth-order valence-electron chi connectivity index (χ4n) is 3.68. The minimum atomic E-state index is 0.235. The molecule has 2 heterocycles. The first-order valence-corrected chi connectivity index (χ1v) is 7.71. The number of hydrogen-bond donors (Lipinski definition) is 1. The highest BCUT2D eigenvalue weighted by atomic mass is 16.5. The van der Waals surface area contributed by atoms with Crippen molar-refractivity contribution in [3.8, 4) is 0 Å². The van der Waals surface area contributed by atoms with E-state index in [1.807, 2.05) is 0 Å². The first-order valence-electron chi connectivity index (χ1n) is 7.71. The van der Waals surface area contributed by atoms with Crippen LogP contribution in [0.2, 0.25) is 0 Å². The predicted octanol–water partition coefficient (Wildman–Crippen LogP) is 2.25. The third-order valence-corrected chi connectivity index (χ3v) is 5.18. The summed E-state index contributed by atoms with van der Waals surface area (Å²) in [7, 11) is 0. The summed E-state index contributed by atoms with van der Waals surface area (Å²) in [6, 6.07) is 0. The molecule has 0 spiro atoms. The van der Waals surface area contributed by atoms with Gasteiger partial charge in [0.05, 0.1) is 0 Å². The van der Waals surface area contributed by atoms with E-state index in [-0.39, 0.29) is 5.54 Å². The molecule has 1 atom stereocenters. The number of likely N-dealkylation sites (tertiary alicyclic amines) is 1.